The number of hydrogen-bond donors (Lipinski definition) is 1. The standard InChI is InChI=1S/C17H34O3Si/c1-12(2)15(11-20-21(6,7)17(3,4)5)14-9-8-13(18)10-16(14)19/h12,14-16,19H,8-11H2,1-7H3/t14-,15-,16+/m0/s1. The lowest BCUT2D eigenvalue weighted by molar-refractivity contribution is -0.126. The normalized spacial score (nSPS) is 26.2. The van der Waals surface area contributed by atoms with E-state index in [1.807, 2.05) is 0 Å². The molecule has 0 aromatic carbocycles. The molecule has 0 radical (unpaired) electrons. The molecule has 1 N–H and O–H groups in total. The molecule has 0 aromatic heterocycles. The number of aliphatic hydroxyl groups is 1. The third-order valence-electron chi connectivity index (χ3n) is 5.54. The van der Waals surface area contributed by atoms with E-state index in [9.17, 15) is 9.90 Å². The van der Waals surface area contributed by atoms with E-state index in [-0.39, 0.29) is 16.7 Å². The summed E-state index contributed by atoms with van der Waals surface area (Å²) < 4.78 is 6.39. The summed E-state index contributed by atoms with van der Waals surface area (Å²) in [7, 11) is -1.76. The van der Waals surface area contributed by atoms with Crippen LogP contribution >= 0.6 is 0 Å². The zero-order chi connectivity index (χ0) is 16.4. The van der Waals surface area contributed by atoms with E-state index in [1.165, 1.54) is 0 Å². The first-order chi connectivity index (χ1) is 9.45. The molecular formula is C17H34O3Si. The van der Waals surface area contributed by atoms with Gasteiger partial charge in [-0.05, 0) is 42.3 Å². The highest BCUT2D eigenvalue weighted by molar-refractivity contribution is 6.74. The second-order valence-corrected chi connectivity index (χ2v) is 13.3. The van der Waals surface area contributed by atoms with Crippen LogP contribution in [0.4, 0.5) is 0 Å². The molecule has 1 fully saturated rings. The molecular weight excluding hydrogens is 280 g/mol. The van der Waals surface area contributed by atoms with E-state index in [0.717, 1.165) is 6.42 Å². The van der Waals surface area contributed by atoms with Crippen LogP contribution in [0.3, 0.4) is 0 Å². The number of hydrogen-bond acceptors (Lipinski definition) is 3. The number of rotatable bonds is 5. The predicted molar refractivity (Wildman–Crippen MR) is 89.8 cm³/mol. The second-order valence-electron chi connectivity index (χ2n) is 8.49. The first-order valence-electron chi connectivity index (χ1n) is 8.29. The van der Waals surface area contributed by atoms with Crippen molar-refractivity contribution < 1.29 is 14.3 Å². The van der Waals surface area contributed by atoms with Crippen LogP contribution in [-0.4, -0.2) is 31.9 Å². The van der Waals surface area contributed by atoms with Crippen molar-refractivity contribution in [3.8, 4) is 0 Å². The van der Waals surface area contributed by atoms with Crippen molar-refractivity contribution in [2.45, 2.75) is 78.1 Å². The van der Waals surface area contributed by atoms with Crippen LogP contribution in [-0.2, 0) is 9.22 Å². The van der Waals surface area contributed by atoms with Crippen LogP contribution < -0.4 is 0 Å². The highest BCUT2D eigenvalue weighted by atomic mass is 28.4. The van der Waals surface area contributed by atoms with E-state index in [4.69, 9.17) is 4.43 Å². The van der Waals surface area contributed by atoms with Crippen LogP contribution in [0.2, 0.25) is 18.1 Å². The minimum Gasteiger partial charge on any atom is -0.417 e. The van der Waals surface area contributed by atoms with Crippen molar-refractivity contribution in [3.05, 3.63) is 0 Å². The van der Waals surface area contributed by atoms with Gasteiger partial charge < -0.3 is 9.53 Å². The lowest BCUT2D eigenvalue weighted by Crippen LogP contribution is -2.45. The van der Waals surface area contributed by atoms with Gasteiger partial charge in [-0.1, -0.05) is 34.6 Å². The van der Waals surface area contributed by atoms with Crippen molar-refractivity contribution in [1.29, 1.82) is 0 Å². The molecule has 1 aliphatic rings. The molecule has 1 rings (SSSR count). The van der Waals surface area contributed by atoms with E-state index >= 15 is 0 Å². The Labute approximate surface area is 131 Å². The largest absolute Gasteiger partial charge is 0.417 e. The molecule has 0 aromatic rings. The molecule has 0 aliphatic heterocycles. The van der Waals surface area contributed by atoms with Crippen molar-refractivity contribution in [1.82, 2.24) is 0 Å². The van der Waals surface area contributed by atoms with Crippen molar-refractivity contribution in [2.24, 2.45) is 17.8 Å². The number of aliphatic hydroxyl groups excluding tert-OH is 1. The smallest absolute Gasteiger partial charge is 0.191 e. The van der Waals surface area contributed by atoms with Gasteiger partial charge in [0.25, 0.3) is 0 Å². The molecule has 124 valence electrons. The molecule has 0 unspecified atom stereocenters. The molecule has 0 amide bonds. The van der Waals surface area contributed by atoms with Crippen LogP contribution in [0.25, 0.3) is 0 Å². The Balaban J connectivity index is 2.73. The average molecular weight is 315 g/mol. The molecule has 3 atom stereocenters. The van der Waals surface area contributed by atoms with Crippen molar-refractivity contribution >= 4 is 14.1 Å². The summed E-state index contributed by atoms with van der Waals surface area (Å²) in [4.78, 5) is 11.5. The second kappa shape index (κ2) is 6.92. The van der Waals surface area contributed by atoms with Crippen molar-refractivity contribution in [2.75, 3.05) is 6.61 Å². The van der Waals surface area contributed by atoms with Gasteiger partial charge in [0.2, 0.25) is 0 Å². The van der Waals surface area contributed by atoms with Gasteiger partial charge in [-0.15, -0.1) is 0 Å². The molecule has 21 heavy (non-hydrogen) atoms. The Bertz CT molecular complexity index is 358. The van der Waals surface area contributed by atoms with Crippen LogP contribution in [0.5, 0.6) is 0 Å². The third-order valence-corrected chi connectivity index (χ3v) is 10.0. The molecule has 1 saturated carbocycles. The highest BCUT2D eigenvalue weighted by Crippen LogP contribution is 2.39. The molecule has 0 bridgehead atoms. The van der Waals surface area contributed by atoms with E-state index < -0.39 is 14.4 Å². The Morgan fingerprint density at radius 3 is 2.33 bits per heavy atom. The number of carbonyl (C=O) groups excluding carboxylic acids is 1. The first kappa shape index (κ1) is 18.9. The molecule has 0 saturated heterocycles. The number of carbonyl (C=O) groups is 1. The van der Waals surface area contributed by atoms with Gasteiger partial charge in [0, 0.05) is 19.4 Å². The maximum absolute atomic E-state index is 11.5. The molecule has 4 heteroatoms. The first-order valence-corrected chi connectivity index (χ1v) is 11.2. The minimum atomic E-state index is -1.76. The van der Waals surface area contributed by atoms with Crippen LogP contribution in [0.15, 0.2) is 0 Å². The lowest BCUT2D eigenvalue weighted by atomic mass is 9.73. The summed E-state index contributed by atoms with van der Waals surface area (Å²) in [5.74, 6) is 1.20. The quantitative estimate of drug-likeness (QED) is 0.780. The summed E-state index contributed by atoms with van der Waals surface area (Å²) in [6, 6.07) is 0. The maximum atomic E-state index is 11.5. The summed E-state index contributed by atoms with van der Waals surface area (Å²) in [5, 5.41) is 10.5. The van der Waals surface area contributed by atoms with Gasteiger partial charge in [-0.2, -0.15) is 0 Å². The Hall–Kier alpha value is -0.193. The SMILES string of the molecule is CC(C)[C@H](CO[Si](C)(C)C(C)(C)C)[C@@H]1CCC(=O)C[C@H]1O. The van der Waals surface area contributed by atoms with E-state index in [2.05, 4.69) is 47.7 Å². The van der Waals surface area contributed by atoms with Gasteiger partial charge in [-0.3, -0.25) is 4.79 Å². The van der Waals surface area contributed by atoms with Crippen LogP contribution in [0.1, 0.15) is 53.9 Å². The fourth-order valence-corrected chi connectivity index (χ4v) is 3.88. The Kier molecular flexibility index (Phi) is 6.22. The number of Topliss-reactive ketones (excluding diaryl/α,β-unsaturated/α-hetero) is 1. The molecule has 3 nitrogen and oxygen atoms in total. The monoisotopic (exact) mass is 314 g/mol. The minimum absolute atomic E-state index is 0.201. The van der Waals surface area contributed by atoms with Gasteiger partial charge in [0.1, 0.15) is 5.78 Å². The van der Waals surface area contributed by atoms with Gasteiger partial charge in [-0.25, -0.2) is 0 Å². The summed E-state index contributed by atoms with van der Waals surface area (Å²) in [6.07, 6.45) is 1.27. The lowest BCUT2D eigenvalue weighted by Gasteiger charge is -2.41. The van der Waals surface area contributed by atoms with Gasteiger partial charge in [0.05, 0.1) is 6.10 Å². The summed E-state index contributed by atoms with van der Waals surface area (Å²) in [5.41, 5.74) is 0. The fourth-order valence-electron chi connectivity index (χ4n) is 2.84. The molecule has 0 spiro atoms. The summed E-state index contributed by atoms with van der Waals surface area (Å²) >= 11 is 0. The van der Waals surface area contributed by atoms with E-state index in [1.54, 1.807) is 0 Å². The zero-order valence-electron chi connectivity index (χ0n) is 14.9. The van der Waals surface area contributed by atoms with Gasteiger partial charge >= 0.3 is 0 Å². The zero-order valence-corrected chi connectivity index (χ0v) is 15.9. The Morgan fingerprint density at radius 2 is 1.90 bits per heavy atom. The third kappa shape index (κ3) is 4.90. The van der Waals surface area contributed by atoms with Gasteiger partial charge in [0.15, 0.2) is 8.32 Å². The highest BCUT2D eigenvalue weighted by Gasteiger charge is 2.40. The Morgan fingerprint density at radius 1 is 1.33 bits per heavy atom. The number of ketones is 1. The maximum Gasteiger partial charge on any atom is 0.191 e. The summed E-state index contributed by atoms with van der Waals surface area (Å²) in [6.45, 7) is 16.4. The average Bonchev–Trinajstić information content (AvgIpc) is 2.29. The van der Waals surface area contributed by atoms with Crippen molar-refractivity contribution in [3.63, 3.8) is 0 Å². The molecule has 1 aliphatic carbocycles. The molecule has 0 heterocycles. The predicted octanol–water partition coefficient (Wildman–Crippen LogP) is 4.01. The fraction of sp³-hybridized carbons (Fsp3) is 0.941. The van der Waals surface area contributed by atoms with E-state index in [0.29, 0.717) is 31.3 Å². The topological polar surface area (TPSA) is 46.5 Å². The van der Waals surface area contributed by atoms with Crippen LogP contribution in [0, 0.1) is 17.8 Å².